The molecule has 7 heteroatoms. The second kappa shape index (κ2) is 9.18. The Hall–Kier alpha value is -2.39. The summed E-state index contributed by atoms with van der Waals surface area (Å²) in [5, 5.41) is 0. The van der Waals surface area contributed by atoms with Gasteiger partial charge in [-0.1, -0.05) is 29.8 Å². The van der Waals surface area contributed by atoms with Gasteiger partial charge in [-0.15, -0.1) is 0 Å². The molecule has 30 heavy (non-hydrogen) atoms. The van der Waals surface area contributed by atoms with Crippen LogP contribution in [0.3, 0.4) is 0 Å². The van der Waals surface area contributed by atoms with Gasteiger partial charge < -0.3 is 8.92 Å². The van der Waals surface area contributed by atoms with Gasteiger partial charge in [0.05, 0.1) is 16.4 Å². The first-order chi connectivity index (χ1) is 14.2. The van der Waals surface area contributed by atoms with Crippen LogP contribution in [0.2, 0.25) is 0 Å². The molecule has 0 radical (unpaired) electrons. The molecular weight excluding hydrogens is 513 g/mol. The number of nitrogens with zero attached hydrogens (tertiary/aromatic N) is 1. The number of benzene rings is 3. The van der Waals surface area contributed by atoms with Crippen molar-refractivity contribution in [3.8, 4) is 11.5 Å². The maximum Gasteiger partial charge on any atom is 0.339 e. The molecule has 0 aromatic heterocycles. The number of ether oxygens (including phenoxy) is 1. The first-order valence-electron chi connectivity index (χ1n) is 9.20. The summed E-state index contributed by atoms with van der Waals surface area (Å²) in [7, 11) is -2.51. The molecule has 156 valence electrons. The summed E-state index contributed by atoms with van der Waals surface area (Å²) >= 11 is 2.03. The molecule has 0 amide bonds. The molecule has 0 aliphatic carbocycles. The quantitative estimate of drug-likeness (QED) is 0.229. The average molecular weight is 535 g/mol. The van der Waals surface area contributed by atoms with Crippen LogP contribution in [0, 0.1) is 24.3 Å². The number of rotatable bonds is 6. The fourth-order valence-electron chi connectivity index (χ4n) is 2.78. The van der Waals surface area contributed by atoms with E-state index in [4.69, 9.17) is 8.92 Å². The number of aliphatic imine (C=N–C) groups is 1. The summed E-state index contributed by atoms with van der Waals surface area (Å²) in [6.07, 6.45) is 1.73. The maximum atomic E-state index is 12.7. The van der Waals surface area contributed by atoms with Crippen LogP contribution in [0.1, 0.15) is 22.3 Å². The number of hydrogen-bond donors (Lipinski definition) is 0. The molecule has 0 unspecified atom stereocenters. The predicted molar refractivity (Wildman–Crippen MR) is 128 cm³/mol. The van der Waals surface area contributed by atoms with Crippen molar-refractivity contribution >= 4 is 44.6 Å². The summed E-state index contributed by atoms with van der Waals surface area (Å²) in [5.41, 5.74) is 4.90. The van der Waals surface area contributed by atoms with Crippen molar-refractivity contribution in [1.82, 2.24) is 0 Å². The van der Waals surface area contributed by atoms with Crippen molar-refractivity contribution in [2.45, 2.75) is 25.7 Å². The normalized spacial score (nSPS) is 11.6. The molecule has 3 rings (SSSR count). The van der Waals surface area contributed by atoms with Gasteiger partial charge in [0.25, 0.3) is 0 Å². The van der Waals surface area contributed by atoms with E-state index in [0.717, 1.165) is 22.4 Å². The third kappa shape index (κ3) is 5.02. The van der Waals surface area contributed by atoms with Crippen molar-refractivity contribution in [3.63, 3.8) is 0 Å². The van der Waals surface area contributed by atoms with E-state index >= 15 is 0 Å². The van der Waals surface area contributed by atoms with E-state index in [2.05, 4.69) is 4.99 Å². The first-order valence-corrected chi connectivity index (χ1v) is 11.7. The molecule has 0 fully saturated rings. The van der Waals surface area contributed by atoms with Crippen molar-refractivity contribution < 1.29 is 17.3 Å². The molecular formula is C23H22INO4S. The van der Waals surface area contributed by atoms with Crippen LogP contribution in [-0.2, 0) is 10.1 Å². The minimum atomic E-state index is -3.98. The highest BCUT2D eigenvalue weighted by Gasteiger charge is 2.21. The highest BCUT2D eigenvalue weighted by molar-refractivity contribution is 14.1. The molecule has 0 saturated carbocycles. The van der Waals surface area contributed by atoms with Gasteiger partial charge in [-0.3, -0.25) is 4.99 Å². The fraction of sp³-hybridized carbons (Fsp3) is 0.174. The molecule has 0 spiro atoms. The van der Waals surface area contributed by atoms with Crippen molar-refractivity contribution in [1.29, 1.82) is 0 Å². The molecule has 0 aliphatic heterocycles. The maximum absolute atomic E-state index is 12.7. The van der Waals surface area contributed by atoms with Gasteiger partial charge in [-0.2, -0.15) is 8.42 Å². The summed E-state index contributed by atoms with van der Waals surface area (Å²) in [6.45, 7) is 5.96. The highest BCUT2D eigenvalue weighted by Crippen LogP contribution is 2.36. The van der Waals surface area contributed by atoms with Gasteiger partial charge in [-0.25, -0.2) is 0 Å². The van der Waals surface area contributed by atoms with E-state index in [0.29, 0.717) is 9.32 Å². The van der Waals surface area contributed by atoms with Gasteiger partial charge in [-0.05, 0) is 90.4 Å². The lowest BCUT2D eigenvalue weighted by Gasteiger charge is -2.13. The van der Waals surface area contributed by atoms with Gasteiger partial charge in [0.2, 0.25) is 0 Å². The molecule has 0 N–H and O–H groups in total. The van der Waals surface area contributed by atoms with E-state index < -0.39 is 10.1 Å². The zero-order valence-electron chi connectivity index (χ0n) is 17.1. The van der Waals surface area contributed by atoms with Crippen LogP contribution in [0.15, 0.2) is 64.5 Å². The molecule has 0 saturated heterocycles. The van der Waals surface area contributed by atoms with E-state index in [1.165, 1.54) is 24.8 Å². The van der Waals surface area contributed by atoms with E-state index in [1.54, 1.807) is 30.5 Å². The summed E-state index contributed by atoms with van der Waals surface area (Å²) in [5.74, 6) is 0.475. The zero-order valence-corrected chi connectivity index (χ0v) is 20.1. The number of aryl methyl sites for hydroxylation is 2. The van der Waals surface area contributed by atoms with Crippen LogP contribution >= 0.6 is 22.6 Å². The van der Waals surface area contributed by atoms with Gasteiger partial charge in [0, 0.05) is 6.21 Å². The Balaban J connectivity index is 1.93. The average Bonchev–Trinajstić information content (AvgIpc) is 2.71. The Morgan fingerprint density at radius 2 is 1.70 bits per heavy atom. The molecule has 0 heterocycles. The number of methoxy groups -OCH3 is 1. The number of halogens is 1. The highest BCUT2D eigenvalue weighted by atomic mass is 127. The Morgan fingerprint density at radius 1 is 1.00 bits per heavy atom. The smallest absolute Gasteiger partial charge is 0.339 e. The largest absolute Gasteiger partial charge is 0.493 e. The second-order valence-electron chi connectivity index (χ2n) is 6.86. The van der Waals surface area contributed by atoms with Crippen LogP contribution in [0.4, 0.5) is 5.69 Å². The Morgan fingerprint density at radius 3 is 2.37 bits per heavy atom. The molecule has 3 aromatic carbocycles. The molecule has 0 aliphatic rings. The molecule has 0 bridgehead atoms. The summed E-state index contributed by atoms with van der Waals surface area (Å²) in [4.78, 5) is 4.66. The monoisotopic (exact) mass is 535 g/mol. The lowest BCUT2D eigenvalue weighted by Crippen LogP contribution is -2.11. The minimum Gasteiger partial charge on any atom is -0.493 e. The first kappa shape index (κ1) is 22.3. The lowest BCUT2D eigenvalue weighted by molar-refractivity contribution is 0.389. The van der Waals surface area contributed by atoms with Crippen LogP contribution in [0.5, 0.6) is 11.5 Å². The fourth-order valence-corrected chi connectivity index (χ4v) is 4.62. The predicted octanol–water partition coefficient (Wildman–Crippen LogP) is 5.74. The molecule has 5 nitrogen and oxygen atoms in total. The van der Waals surface area contributed by atoms with E-state index in [9.17, 15) is 8.42 Å². The number of hydrogen-bond acceptors (Lipinski definition) is 5. The lowest BCUT2D eigenvalue weighted by atomic mass is 10.1. The van der Waals surface area contributed by atoms with Crippen molar-refractivity contribution in [2.75, 3.05) is 7.11 Å². The molecule has 3 aromatic rings. The van der Waals surface area contributed by atoms with Crippen LogP contribution < -0.4 is 8.92 Å². The minimum absolute atomic E-state index is 0.0894. The summed E-state index contributed by atoms with van der Waals surface area (Å²) < 4.78 is 36.8. The summed E-state index contributed by atoms with van der Waals surface area (Å²) in [6, 6.07) is 16.0. The van der Waals surface area contributed by atoms with Crippen molar-refractivity contribution in [2.24, 2.45) is 4.99 Å². The van der Waals surface area contributed by atoms with Crippen LogP contribution in [-0.4, -0.2) is 21.7 Å². The Bertz CT molecular complexity index is 1200. The van der Waals surface area contributed by atoms with Gasteiger partial charge in [0.1, 0.15) is 4.90 Å². The molecule has 0 atom stereocenters. The topological polar surface area (TPSA) is 65.0 Å². The standard InChI is InChI=1S/C23H22INO4S/c1-15-8-10-19(11-9-15)30(26,27)29-23-20(24)12-18(13-22(23)28-4)14-25-21-7-5-6-16(2)17(21)3/h5-14H,1-4H3. The van der Waals surface area contributed by atoms with E-state index in [1.807, 2.05) is 61.6 Å². The Labute approximate surface area is 191 Å². The van der Waals surface area contributed by atoms with Gasteiger partial charge >= 0.3 is 10.1 Å². The zero-order chi connectivity index (χ0) is 21.9. The second-order valence-corrected chi connectivity index (χ2v) is 9.57. The third-order valence-electron chi connectivity index (χ3n) is 4.68. The third-order valence-corrected chi connectivity index (χ3v) is 6.72. The van der Waals surface area contributed by atoms with E-state index in [-0.39, 0.29) is 10.6 Å². The van der Waals surface area contributed by atoms with Gasteiger partial charge in [0.15, 0.2) is 11.5 Å². The van der Waals surface area contributed by atoms with Crippen LogP contribution in [0.25, 0.3) is 0 Å². The SMILES string of the molecule is COc1cc(C=Nc2cccc(C)c2C)cc(I)c1OS(=O)(=O)c1ccc(C)cc1. The Kier molecular flexibility index (Phi) is 6.82. The van der Waals surface area contributed by atoms with Crippen molar-refractivity contribution in [3.05, 3.63) is 80.4 Å².